The van der Waals surface area contributed by atoms with Crippen molar-refractivity contribution in [1.29, 1.82) is 0 Å². The Balaban J connectivity index is -0.0000000722. The summed E-state index contributed by atoms with van der Waals surface area (Å²) >= 11 is 0. The SMILES string of the molecule is CCOC(C)=O.CCOC(C)=O.CCOC(C)=O.CCOC(C)=O.CCOC(C)=O.CCOCC. The molecule has 0 atom stereocenters. The number of hydrogen-bond acceptors (Lipinski definition) is 11. The van der Waals surface area contributed by atoms with Crippen LogP contribution in [0.5, 0.6) is 0 Å². The highest BCUT2D eigenvalue weighted by atomic mass is 16.5. The average Bonchev–Trinajstić information content (AvgIpc) is 2.70. The number of rotatable bonds is 7. The largest absolute Gasteiger partial charge is 0.466 e. The minimum Gasteiger partial charge on any atom is -0.466 e. The molecule has 0 bridgehead atoms. The van der Waals surface area contributed by atoms with Crippen molar-refractivity contribution in [3.63, 3.8) is 0 Å². The fourth-order valence-electron chi connectivity index (χ4n) is 1.22. The summed E-state index contributed by atoms with van der Waals surface area (Å²) in [5.41, 5.74) is 0. The van der Waals surface area contributed by atoms with E-state index in [1.165, 1.54) is 34.6 Å². The van der Waals surface area contributed by atoms with Gasteiger partial charge < -0.3 is 28.4 Å². The summed E-state index contributed by atoms with van der Waals surface area (Å²) in [6.07, 6.45) is 0. The second-order valence-electron chi connectivity index (χ2n) is 5.40. The molecule has 0 aromatic carbocycles. The van der Waals surface area contributed by atoms with Crippen molar-refractivity contribution in [2.24, 2.45) is 0 Å². The Labute approximate surface area is 212 Å². The third kappa shape index (κ3) is 131. The van der Waals surface area contributed by atoms with E-state index in [2.05, 4.69) is 23.7 Å². The van der Waals surface area contributed by atoms with Gasteiger partial charge >= 0.3 is 29.8 Å². The quantitative estimate of drug-likeness (QED) is 0.361. The van der Waals surface area contributed by atoms with E-state index in [1.54, 1.807) is 34.6 Å². The van der Waals surface area contributed by atoms with E-state index in [4.69, 9.17) is 4.74 Å². The molecule has 0 amide bonds. The molecule has 11 heteroatoms. The van der Waals surface area contributed by atoms with Crippen molar-refractivity contribution in [2.75, 3.05) is 46.2 Å². The minimum absolute atomic E-state index is 0.211. The Bertz CT molecular complexity index is 383. The molecule has 0 aliphatic rings. The van der Waals surface area contributed by atoms with Gasteiger partial charge in [0.05, 0.1) is 33.0 Å². The molecule has 35 heavy (non-hydrogen) atoms. The molecule has 0 N–H and O–H groups in total. The van der Waals surface area contributed by atoms with Gasteiger partial charge in [0, 0.05) is 47.8 Å². The second kappa shape index (κ2) is 44.9. The zero-order valence-electron chi connectivity index (χ0n) is 23.9. The fourth-order valence-corrected chi connectivity index (χ4v) is 1.22. The summed E-state index contributed by atoms with van der Waals surface area (Å²) in [7, 11) is 0. The van der Waals surface area contributed by atoms with Gasteiger partial charge in [0.2, 0.25) is 0 Å². The summed E-state index contributed by atoms with van der Waals surface area (Å²) in [4.78, 5) is 49.1. The Morgan fingerprint density at radius 2 is 0.486 bits per heavy atom. The minimum atomic E-state index is -0.211. The standard InChI is InChI=1S/5C4H8O2.C4H10O/c5*1-3-6-4(2)5;1-3-5-4-2/h5*3H2,1-2H3;3-4H2,1-2H3. The molecular formula is C24H50O11. The molecule has 0 spiro atoms. The third-order valence-corrected chi connectivity index (χ3v) is 2.15. The molecule has 0 rings (SSSR count). The van der Waals surface area contributed by atoms with Gasteiger partial charge in [-0.15, -0.1) is 0 Å². The molecular weight excluding hydrogens is 464 g/mol. The number of esters is 5. The van der Waals surface area contributed by atoms with Crippen LogP contribution in [0.25, 0.3) is 0 Å². The molecule has 0 unspecified atom stereocenters. The summed E-state index contributed by atoms with van der Waals surface area (Å²) in [5.74, 6) is -1.05. The van der Waals surface area contributed by atoms with Crippen molar-refractivity contribution in [1.82, 2.24) is 0 Å². The molecule has 0 heterocycles. The number of carbonyl (C=O) groups excluding carboxylic acids is 5. The molecule has 11 nitrogen and oxygen atoms in total. The van der Waals surface area contributed by atoms with E-state index in [0.29, 0.717) is 33.0 Å². The first-order valence-corrected chi connectivity index (χ1v) is 11.5. The smallest absolute Gasteiger partial charge is 0.302 e. The van der Waals surface area contributed by atoms with Gasteiger partial charge in [-0.25, -0.2) is 0 Å². The lowest BCUT2D eigenvalue weighted by Gasteiger charge is -1.89. The van der Waals surface area contributed by atoms with Crippen molar-refractivity contribution in [3.05, 3.63) is 0 Å². The van der Waals surface area contributed by atoms with Crippen molar-refractivity contribution >= 4 is 29.8 Å². The molecule has 0 aliphatic carbocycles. The van der Waals surface area contributed by atoms with Gasteiger partial charge in [-0.1, -0.05) is 0 Å². The Morgan fingerprint density at radius 3 is 0.486 bits per heavy atom. The van der Waals surface area contributed by atoms with Crippen LogP contribution in [-0.4, -0.2) is 76.1 Å². The van der Waals surface area contributed by atoms with Crippen LogP contribution in [0, 0.1) is 0 Å². The van der Waals surface area contributed by atoms with E-state index in [0.717, 1.165) is 13.2 Å². The van der Waals surface area contributed by atoms with Gasteiger partial charge in [-0.05, 0) is 48.5 Å². The van der Waals surface area contributed by atoms with Crippen LogP contribution in [-0.2, 0) is 52.4 Å². The predicted molar refractivity (Wildman–Crippen MR) is 134 cm³/mol. The van der Waals surface area contributed by atoms with Crippen molar-refractivity contribution in [2.45, 2.75) is 83.1 Å². The zero-order chi connectivity index (χ0) is 29.1. The van der Waals surface area contributed by atoms with Gasteiger partial charge in [-0.3, -0.25) is 24.0 Å². The fraction of sp³-hybridized carbons (Fsp3) is 0.792. The topological polar surface area (TPSA) is 141 Å². The molecule has 0 radical (unpaired) electrons. The Morgan fingerprint density at radius 1 is 0.343 bits per heavy atom. The Hall–Kier alpha value is -2.69. The maximum absolute atomic E-state index is 9.82. The number of carbonyl (C=O) groups is 5. The average molecular weight is 515 g/mol. The summed E-state index contributed by atoms with van der Waals surface area (Å²) in [6, 6.07) is 0. The molecule has 0 fully saturated rings. The van der Waals surface area contributed by atoms with E-state index >= 15 is 0 Å². The maximum Gasteiger partial charge on any atom is 0.302 e. The van der Waals surface area contributed by atoms with E-state index in [-0.39, 0.29) is 29.8 Å². The first-order chi connectivity index (χ1) is 16.3. The second-order valence-corrected chi connectivity index (χ2v) is 5.40. The lowest BCUT2D eigenvalue weighted by atomic mass is 10.8. The molecule has 0 aromatic heterocycles. The van der Waals surface area contributed by atoms with Crippen LogP contribution >= 0.6 is 0 Å². The van der Waals surface area contributed by atoms with Gasteiger partial charge in [0.25, 0.3) is 0 Å². The van der Waals surface area contributed by atoms with Crippen LogP contribution in [0.2, 0.25) is 0 Å². The van der Waals surface area contributed by atoms with Crippen molar-refractivity contribution < 1.29 is 52.4 Å². The third-order valence-electron chi connectivity index (χ3n) is 2.15. The zero-order valence-corrected chi connectivity index (χ0v) is 23.9. The predicted octanol–water partition coefficient (Wildman–Crippen LogP) is 3.89. The monoisotopic (exact) mass is 514 g/mol. The molecule has 0 saturated heterocycles. The van der Waals surface area contributed by atoms with Crippen LogP contribution in [0.1, 0.15) is 83.1 Å². The van der Waals surface area contributed by atoms with Crippen LogP contribution in [0.15, 0.2) is 0 Å². The van der Waals surface area contributed by atoms with Gasteiger partial charge in [0.1, 0.15) is 0 Å². The van der Waals surface area contributed by atoms with E-state index in [9.17, 15) is 24.0 Å². The molecule has 212 valence electrons. The van der Waals surface area contributed by atoms with Crippen LogP contribution in [0.4, 0.5) is 0 Å². The lowest BCUT2D eigenvalue weighted by molar-refractivity contribution is -0.141. The first-order valence-electron chi connectivity index (χ1n) is 11.5. The summed E-state index contributed by atoms with van der Waals surface area (Å²) in [5, 5.41) is 0. The highest BCUT2D eigenvalue weighted by molar-refractivity contribution is 5.66. The lowest BCUT2D eigenvalue weighted by Crippen LogP contribution is -1.95. The number of ether oxygens (including phenoxy) is 6. The van der Waals surface area contributed by atoms with Gasteiger partial charge in [-0.2, -0.15) is 0 Å². The number of hydrogen-bond donors (Lipinski definition) is 0. The van der Waals surface area contributed by atoms with Crippen LogP contribution in [0.3, 0.4) is 0 Å². The van der Waals surface area contributed by atoms with E-state index < -0.39 is 0 Å². The molecule has 0 aromatic rings. The highest BCUT2D eigenvalue weighted by Gasteiger charge is 1.83. The highest BCUT2D eigenvalue weighted by Crippen LogP contribution is 1.71. The normalized spacial score (nSPS) is 7.77. The van der Waals surface area contributed by atoms with Gasteiger partial charge in [0.15, 0.2) is 0 Å². The Kier molecular flexibility index (Phi) is 58.7. The maximum atomic E-state index is 9.82. The first kappa shape index (κ1) is 45.8. The van der Waals surface area contributed by atoms with Crippen molar-refractivity contribution in [3.8, 4) is 0 Å². The molecule has 0 aliphatic heterocycles. The molecule has 0 saturated carbocycles. The summed E-state index contributed by atoms with van der Waals surface area (Å²) in [6.45, 7) is 23.9. The van der Waals surface area contributed by atoms with E-state index in [1.807, 2.05) is 13.8 Å². The summed E-state index contributed by atoms with van der Waals surface area (Å²) < 4.78 is 26.8. The van der Waals surface area contributed by atoms with Crippen LogP contribution < -0.4 is 0 Å².